The Bertz CT molecular complexity index is 1170. The Morgan fingerprint density at radius 3 is 2.25 bits per heavy atom. The molecule has 4 aromatic rings. The quantitative estimate of drug-likeness (QED) is 0.467. The predicted molar refractivity (Wildman–Crippen MR) is 115 cm³/mol. The highest BCUT2D eigenvalue weighted by atomic mass is 15.1. The highest BCUT2D eigenvalue weighted by molar-refractivity contribution is 5.94. The lowest BCUT2D eigenvalue weighted by atomic mass is 10.1. The van der Waals surface area contributed by atoms with E-state index < -0.39 is 0 Å². The van der Waals surface area contributed by atoms with Crippen LogP contribution >= 0.6 is 0 Å². The van der Waals surface area contributed by atoms with Gasteiger partial charge in [0.25, 0.3) is 0 Å². The summed E-state index contributed by atoms with van der Waals surface area (Å²) in [7, 11) is 0. The second-order valence-electron chi connectivity index (χ2n) is 6.81. The number of aryl methyl sites for hydroxylation is 2. The van der Waals surface area contributed by atoms with Crippen LogP contribution in [-0.2, 0) is 0 Å². The van der Waals surface area contributed by atoms with Crippen molar-refractivity contribution in [3.05, 3.63) is 71.7 Å². The Hall–Kier alpha value is -3.67. The Balaban J connectivity index is 1.69. The number of hydrogen-bond donors (Lipinski definition) is 3. The molecule has 0 unspecified atom stereocenters. The Morgan fingerprint density at radius 2 is 1.46 bits per heavy atom. The number of nitrogens with two attached hydrogens (primary N) is 1. The van der Waals surface area contributed by atoms with E-state index >= 15 is 0 Å². The van der Waals surface area contributed by atoms with E-state index in [1.807, 2.05) is 49.4 Å². The molecule has 2 heterocycles. The number of rotatable bonds is 4. The summed E-state index contributed by atoms with van der Waals surface area (Å²) in [4.78, 5) is 13.2. The van der Waals surface area contributed by atoms with Crippen molar-refractivity contribution >= 4 is 39.6 Å². The summed E-state index contributed by atoms with van der Waals surface area (Å²) in [5, 5.41) is 7.66. The molecule has 6 nitrogen and oxygen atoms in total. The van der Waals surface area contributed by atoms with E-state index in [0.29, 0.717) is 17.3 Å². The standard InChI is InChI=1S/C22H22N6/c1-13-6-4-7-17(15(13)3)27-21-20(23)22(25-12-24-21)28-19-9-5-8-18-16(19)11-10-14(2)26-18/h4-12H,23H2,1-3H3,(H2,24,25,27,28). The van der Waals surface area contributed by atoms with Crippen LogP contribution in [0.2, 0.25) is 0 Å². The summed E-state index contributed by atoms with van der Waals surface area (Å²) in [6.45, 7) is 6.12. The van der Waals surface area contributed by atoms with Crippen LogP contribution in [0.4, 0.5) is 28.7 Å². The molecule has 0 aliphatic heterocycles. The summed E-state index contributed by atoms with van der Waals surface area (Å²) in [5.41, 5.74) is 13.0. The van der Waals surface area contributed by atoms with E-state index in [2.05, 4.69) is 45.5 Å². The Labute approximate surface area is 163 Å². The highest BCUT2D eigenvalue weighted by Gasteiger charge is 2.12. The zero-order valence-electron chi connectivity index (χ0n) is 16.1. The third kappa shape index (κ3) is 3.32. The third-order valence-corrected chi connectivity index (χ3v) is 4.87. The van der Waals surface area contributed by atoms with Gasteiger partial charge in [-0.25, -0.2) is 9.97 Å². The maximum Gasteiger partial charge on any atom is 0.159 e. The van der Waals surface area contributed by atoms with Gasteiger partial charge >= 0.3 is 0 Å². The molecule has 0 spiro atoms. The number of benzene rings is 2. The molecule has 140 valence electrons. The number of anilines is 5. The van der Waals surface area contributed by atoms with Gasteiger partial charge in [0.05, 0.1) is 5.52 Å². The number of nitrogens with zero attached hydrogens (tertiary/aromatic N) is 3. The minimum Gasteiger partial charge on any atom is -0.393 e. The SMILES string of the molecule is Cc1ccc2c(Nc3ncnc(Nc4cccc(C)c4C)c3N)cccc2n1. The van der Waals surface area contributed by atoms with Gasteiger partial charge in [0, 0.05) is 22.5 Å². The molecule has 4 rings (SSSR count). The first kappa shape index (κ1) is 17.7. The molecule has 0 fully saturated rings. The summed E-state index contributed by atoms with van der Waals surface area (Å²) in [5.74, 6) is 1.12. The van der Waals surface area contributed by atoms with Crippen molar-refractivity contribution in [3.8, 4) is 0 Å². The van der Waals surface area contributed by atoms with Gasteiger partial charge in [-0.2, -0.15) is 0 Å². The lowest BCUT2D eigenvalue weighted by Gasteiger charge is -2.15. The summed E-state index contributed by atoms with van der Waals surface area (Å²) in [6.07, 6.45) is 1.50. The van der Waals surface area contributed by atoms with Crippen LogP contribution in [0.25, 0.3) is 10.9 Å². The van der Waals surface area contributed by atoms with Crippen LogP contribution in [0.15, 0.2) is 54.9 Å². The van der Waals surface area contributed by atoms with Crippen molar-refractivity contribution < 1.29 is 0 Å². The van der Waals surface area contributed by atoms with Crippen molar-refractivity contribution in [1.29, 1.82) is 0 Å². The van der Waals surface area contributed by atoms with Crippen molar-refractivity contribution in [3.63, 3.8) is 0 Å². The largest absolute Gasteiger partial charge is 0.393 e. The fourth-order valence-corrected chi connectivity index (χ4v) is 3.10. The maximum absolute atomic E-state index is 6.37. The number of nitrogens with one attached hydrogen (secondary N) is 2. The Kier molecular flexibility index (Phi) is 4.53. The molecule has 0 radical (unpaired) electrons. The summed E-state index contributed by atoms with van der Waals surface area (Å²) >= 11 is 0. The van der Waals surface area contributed by atoms with Crippen LogP contribution in [0.3, 0.4) is 0 Å². The monoisotopic (exact) mass is 370 g/mol. The molecule has 0 atom stereocenters. The van der Waals surface area contributed by atoms with E-state index in [1.165, 1.54) is 11.9 Å². The van der Waals surface area contributed by atoms with Crippen molar-refractivity contribution in [2.45, 2.75) is 20.8 Å². The van der Waals surface area contributed by atoms with E-state index in [0.717, 1.165) is 33.5 Å². The number of nitrogen functional groups attached to an aromatic ring is 1. The summed E-state index contributed by atoms with van der Waals surface area (Å²) in [6, 6.07) is 16.1. The first-order valence-corrected chi connectivity index (χ1v) is 9.10. The number of fused-ring (bicyclic) bond motifs is 1. The Morgan fingerprint density at radius 1 is 0.786 bits per heavy atom. The molecule has 6 heteroatoms. The predicted octanol–water partition coefficient (Wildman–Crippen LogP) is 5.02. The van der Waals surface area contributed by atoms with Gasteiger partial charge in [-0.3, -0.25) is 4.98 Å². The van der Waals surface area contributed by atoms with Crippen LogP contribution < -0.4 is 16.4 Å². The van der Waals surface area contributed by atoms with Gasteiger partial charge in [0.1, 0.15) is 12.0 Å². The number of hydrogen-bond acceptors (Lipinski definition) is 6. The molecule has 0 amide bonds. The minimum absolute atomic E-state index is 0.459. The topological polar surface area (TPSA) is 88.8 Å². The molecule has 2 aromatic heterocycles. The zero-order chi connectivity index (χ0) is 19.7. The smallest absolute Gasteiger partial charge is 0.159 e. The number of aromatic nitrogens is 3. The molecule has 28 heavy (non-hydrogen) atoms. The average Bonchev–Trinajstić information content (AvgIpc) is 2.68. The van der Waals surface area contributed by atoms with Gasteiger partial charge < -0.3 is 16.4 Å². The molecule has 0 saturated carbocycles. The number of pyridine rings is 1. The van der Waals surface area contributed by atoms with Gasteiger partial charge in [0.2, 0.25) is 0 Å². The second-order valence-corrected chi connectivity index (χ2v) is 6.81. The van der Waals surface area contributed by atoms with E-state index in [9.17, 15) is 0 Å². The molecule has 0 aliphatic carbocycles. The van der Waals surface area contributed by atoms with E-state index in [-0.39, 0.29) is 0 Å². The molecular weight excluding hydrogens is 348 g/mol. The van der Waals surface area contributed by atoms with Gasteiger partial charge in [-0.05, 0) is 62.2 Å². The van der Waals surface area contributed by atoms with Gasteiger partial charge in [-0.1, -0.05) is 18.2 Å². The zero-order valence-corrected chi connectivity index (χ0v) is 16.1. The maximum atomic E-state index is 6.37. The second kappa shape index (κ2) is 7.15. The fourth-order valence-electron chi connectivity index (χ4n) is 3.10. The fraction of sp³-hybridized carbons (Fsp3) is 0.136. The lowest BCUT2D eigenvalue weighted by Crippen LogP contribution is -2.06. The first-order valence-electron chi connectivity index (χ1n) is 9.10. The minimum atomic E-state index is 0.459. The van der Waals surface area contributed by atoms with Crippen molar-refractivity contribution in [2.24, 2.45) is 0 Å². The lowest BCUT2D eigenvalue weighted by molar-refractivity contribution is 1.17. The van der Waals surface area contributed by atoms with E-state index in [4.69, 9.17) is 5.73 Å². The molecule has 0 aliphatic rings. The first-order chi connectivity index (χ1) is 13.5. The van der Waals surface area contributed by atoms with E-state index in [1.54, 1.807) is 0 Å². The molecular formula is C22H22N6. The van der Waals surface area contributed by atoms with Crippen molar-refractivity contribution in [1.82, 2.24) is 15.0 Å². The van der Waals surface area contributed by atoms with Crippen LogP contribution in [0.1, 0.15) is 16.8 Å². The normalized spacial score (nSPS) is 10.8. The van der Waals surface area contributed by atoms with Crippen LogP contribution in [-0.4, -0.2) is 15.0 Å². The van der Waals surface area contributed by atoms with Crippen LogP contribution in [0.5, 0.6) is 0 Å². The van der Waals surface area contributed by atoms with Crippen molar-refractivity contribution in [2.75, 3.05) is 16.4 Å². The molecule has 0 saturated heterocycles. The van der Waals surface area contributed by atoms with Crippen LogP contribution in [0, 0.1) is 20.8 Å². The van der Waals surface area contributed by atoms with Gasteiger partial charge in [-0.15, -0.1) is 0 Å². The summed E-state index contributed by atoms with van der Waals surface area (Å²) < 4.78 is 0. The molecule has 2 aromatic carbocycles. The highest BCUT2D eigenvalue weighted by Crippen LogP contribution is 2.32. The average molecular weight is 370 g/mol. The molecule has 0 bridgehead atoms. The molecule has 4 N–H and O–H groups in total. The van der Waals surface area contributed by atoms with Gasteiger partial charge in [0.15, 0.2) is 11.6 Å². The third-order valence-electron chi connectivity index (χ3n) is 4.87.